The number of pyridine rings is 1. The van der Waals surface area contributed by atoms with Crippen LogP contribution >= 0.6 is 0 Å². The van der Waals surface area contributed by atoms with Gasteiger partial charge in [-0.3, -0.25) is 4.79 Å². The molecule has 0 spiro atoms. The molecule has 2 rings (SSSR count). The van der Waals surface area contributed by atoms with E-state index in [0.29, 0.717) is 5.56 Å². The van der Waals surface area contributed by atoms with Crippen LogP contribution in [0.25, 0.3) is 5.52 Å². The van der Waals surface area contributed by atoms with Crippen LogP contribution in [0.5, 0.6) is 5.75 Å². The third-order valence-electron chi connectivity index (χ3n) is 2.03. The second-order valence-electron chi connectivity index (χ2n) is 2.75. The molecule has 0 aliphatic heterocycles. The molecule has 0 aliphatic rings. The Bertz CT molecular complexity index is 445. The maximum Gasteiger partial charge on any atom is 0.152 e. The first kappa shape index (κ1) is 7.86. The minimum absolute atomic E-state index is 0.680. The van der Waals surface area contributed by atoms with Crippen molar-refractivity contribution in [3.63, 3.8) is 0 Å². The highest BCUT2D eigenvalue weighted by Crippen LogP contribution is 2.17. The molecule has 0 aliphatic carbocycles. The standard InChI is InChI=1S/C10H9NO2/c1-13-9-3-5-11-4-2-8(7-12)10(11)6-9/h2-7H,1H3. The summed E-state index contributed by atoms with van der Waals surface area (Å²) in [5, 5.41) is 0. The summed E-state index contributed by atoms with van der Waals surface area (Å²) in [7, 11) is 1.61. The fourth-order valence-electron chi connectivity index (χ4n) is 1.33. The van der Waals surface area contributed by atoms with E-state index < -0.39 is 0 Å². The van der Waals surface area contributed by atoms with Crippen molar-refractivity contribution < 1.29 is 9.53 Å². The molecule has 3 heteroatoms. The maximum absolute atomic E-state index is 10.6. The Morgan fingerprint density at radius 3 is 2.85 bits per heavy atom. The number of fused-ring (bicyclic) bond motifs is 1. The second kappa shape index (κ2) is 2.94. The Morgan fingerprint density at radius 1 is 1.38 bits per heavy atom. The molecule has 0 unspecified atom stereocenters. The number of carbonyl (C=O) groups excluding carboxylic acids is 1. The van der Waals surface area contributed by atoms with Gasteiger partial charge < -0.3 is 9.14 Å². The SMILES string of the molecule is COc1ccn2ccc(C=O)c2c1. The first-order chi connectivity index (χ1) is 6.35. The molecule has 0 saturated heterocycles. The van der Waals surface area contributed by atoms with E-state index in [-0.39, 0.29) is 0 Å². The van der Waals surface area contributed by atoms with E-state index in [4.69, 9.17) is 4.74 Å². The summed E-state index contributed by atoms with van der Waals surface area (Å²) >= 11 is 0. The van der Waals surface area contributed by atoms with Gasteiger partial charge in [0.1, 0.15) is 5.75 Å². The fraction of sp³-hybridized carbons (Fsp3) is 0.100. The molecule has 2 heterocycles. The summed E-state index contributed by atoms with van der Waals surface area (Å²) in [5.41, 5.74) is 1.55. The summed E-state index contributed by atoms with van der Waals surface area (Å²) in [6.07, 6.45) is 4.55. The van der Waals surface area contributed by atoms with Gasteiger partial charge in [-0.2, -0.15) is 0 Å². The van der Waals surface area contributed by atoms with Crippen molar-refractivity contribution in [3.05, 3.63) is 36.2 Å². The molecule has 3 nitrogen and oxygen atoms in total. The van der Waals surface area contributed by atoms with Crippen LogP contribution in [-0.2, 0) is 0 Å². The number of ether oxygens (including phenoxy) is 1. The van der Waals surface area contributed by atoms with Crippen molar-refractivity contribution in [3.8, 4) is 5.75 Å². The van der Waals surface area contributed by atoms with Gasteiger partial charge in [-0.25, -0.2) is 0 Å². The van der Waals surface area contributed by atoms with E-state index >= 15 is 0 Å². The van der Waals surface area contributed by atoms with Gasteiger partial charge in [0.25, 0.3) is 0 Å². The molecule has 0 fully saturated rings. The van der Waals surface area contributed by atoms with Gasteiger partial charge in [-0.1, -0.05) is 0 Å². The summed E-state index contributed by atoms with van der Waals surface area (Å²) in [5.74, 6) is 0.759. The quantitative estimate of drug-likeness (QED) is 0.651. The second-order valence-corrected chi connectivity index (χ2v) is 2.75. The van der Waals surface area contributed by atoms with Crippen LogP contribution in [0.1, 0.15) is 10.4 Å². The van der Waals surface area contributed by atoms with Gasteiger partial charge >= 0.3 is 0 Å². The monoisotopic (exact) mass is 175 g/mol. The van der Waals surface area contributed by atoms with Crippen LogP contribution in [0.4, 0.5) is 0 Å². The number of hydrogen-bond donors (Lipinski definition) is 0. The zero-order valence-corrected chi connectivity index (χ0v) is 7.23. The van der Waals surface area contributed by atoms with Gasteiger partial charge in [0.2, 0.25) is 0 Å². The number of carbonyl (C=O) groups is 1. The van der Waals surface area contributed by atoms with Crippen LogP contribution in [0, 0.1) is 0 Å². The smallest absolute Gasteiger partial charge is 0.152 e. The van der Waals surface area contributed by atoms with Crippen LogP contribution in [0.3, 0.4) is 0 Å². The van der Waals surface area contributed by atoms with E-state index in [1.165, 1.54) is 0 Å². The van der Waals surface area contributed by atoms with Crippen LogP contribution in [-0.4, -0.2) is 17.8 Å². The van der Waals surface area contributed by atoms with Crippen molar-refractivity contribution in [1.29, 1.82) is 0 Å². The van der Waals surface area contributed by atoms with Crippen molar-refractivity contribution >= 4 is 11.8 Å². The van der Waals surface area contributed by atoms with Crippen LogP contribution < -0.4 is 4.74 Å². The van der Waals surface area contributed by atoms with Crippen LogP contribution in [0.2, 0.25) is 0 Å². The average molecular weight is 175 g/mol. The Hall–Kier alpha value is -1.77. The largest absolute Gasteiger partial charge is 0.497 e. The van der Waals surface area contributed by atoms with Crippen molar-refractivity contribution in [2.45, 2.75) is 0 Å². The molecule has 2 aromatic heterocycles. The lowest BCUT2D eigenvalue weighted by Crippen LogP contribution is -1.87. The molecular weight excluding hydrogens is 166 g/mol. The molecule has 13 heavy (non-hydrogen) atoms. The summed E-state index contributed by atoms with van der Waals surface area (Å²) < 4.78 is 6.94. The summed E-state index contributed by atoms with van der Waals surface area (Å²) in [6.45, 7) is 0. The van der Waals surface area contributed by atoms with Gasteiger partial charge in [-0.15, -0.1) is 0 Å². The minimum atomic E-state index is 0.680. The topological polar surface area (TPSA) is 30.7 Å². The molecule has 0 saturated carbocycles. The highest BCUT2D eigenvalue weighted by molar-refractivity contribution is 5.86. The number of hydrogen-bond acceptors (Lipinski definition) is 2. The van der Waals surface area contributed by atoms with Gasteiger partial charge in [0.15, 0.2) is 6.29 Å². The zero-order chi connectivity index (χ0) is 9.26. The molecule has 66 valence electrons. The molecule has 0 atom stereocenters. The van der Waals surface area contributed by atoms with E-state index in [1.54, 1.807) is 13.2 Å². The first-order valence-corrected chi connectivity index (χ1v) is 3.95. The lowest BCUT2D eigenvalue weighted by atomic mass is 10.3. The lowest BCUT2D eigenvalue weighted by Gasteiger charge is -2.00. The Labute approximate surface area is 75.6 Å². The van der Waals surface area contributed by atoms with E-state index in [1.807, 2.05) is 28.9 Å². The zero-order valence-electron chi connectivity index (χ0n) is 7.23. The number of methoxy groups -OCH3 is 1. The molecule has 0 amide bonds. The highest BCUT2D eigenvalue weighted by Gasteiger charge is 2.01. The van der Waals surface area contributed by atoms with Gasteiger partial charge in [0, 0.05) is 24.0 Å². The maximum atomic E-state index is 10.6. The fourth-order valence-corrected chi connectivity index (χ4v) is 1.33. The van der Waals surface area contributed by atoms with Crippen LogP contribution in [0.15, 0.2) is 30.6 Å². The molecule has 0 bridgehead atoms. The van der Waals surface area contributed by atoms with Crippen molar-refractivity contribution in [2.24, 2.45) is 0 Å². The summed E-state index contributed by atoms with van der Waals surface area (Å²) in [4.78, 5) is 10.6. The molecule has 0 aromatic carbocycles. The molecular formula is C10H9NO2. The molecule has 0 N–H and O–H groups in total. The third kappa shape index (κ3) is 1.18. The number of aldehydes is 1. The Balaban J connectivity index is 2.71. The minimum Gasteiger partial charge on any atom is -0.497 e. The van der Waals surface area contributed by atoms with Gasteiger partial charge in [-0.05, 0) is 12.1 Å². The first-order valence-electron chi connectivity index (χ1n) is 3.95. The molecule has 2 aromatic rings. The molecule has 0 radical (unpaired) electrons. The predicted molar refractivity (Wildman–Crippen MR) is 49.3 cm³/mol. The highest BCUT2D eigenvalue weighted by atomic mass is 16.5. The summed E-state index contributed by atoms with van der Waals surface area (Å²) in [6, 6.07) is 5.47. The Kier molecular flexibility index (Phi) is 1.77. The van der Waals surface area contributed by atoms with E-state index in [0.717, 1.165) is 17.6 Å². The number of aromatic nitrogens is 1. The Morgan fingerprint density at radius 2 is 2.15 bits per heavy atom. The normalized spacial score (nSPS) is 10.2. The van der Waals surface area contributed by atoms with Crippen molar-refractivity contribution in [1.82, 2.24) is 4.40 Å². The van der Waals surface area contributed by atoms with E-state index in [2.05, 4.69) is 0 Å². The number of rotatable bonds is 2. The van der Waals surface area contributed by atoms with Gasteiger partial charge in [0.05, 0.1) is 12.6 Å². The third-order valence-corrected chi connectivity index (χ3v) is 2.03. The average Bonchev–Trinajstić information content (AvgIpc) is 2.59. The lowest BCUT2D eigenvalue weighted by molar-refractivity contribution is 0.112. The number of nitrogens with zero attached hydrogens (tertiary/aromatic N) is 1. The van der Waals surface area contributed by atoms with Crippen molar-refractivity contribution in [2.75, 3.05) is 7.11 Å². The van der Waals surface area contributed by atoms with E-state index in [9.17, 15) is 4.79 Å². The predicted octanol–water partition coefficient (Wildman–Crippen LogP) is 1.76.